The van der Waals surface area contributed by atoms with Crippen LogP contribution in [0.15, 0.2) is 27.4 Å². The molecular formula is C14H8O6. The lowest BCUT2D eigenvalue weighted by atomic mass is 9.91. The van der Waals surface area contributed by atoms with E-state index in [0.29, 0.717) is 11.8 Å². The summed E-state index contributed by atoms with van der Waals surface area (Å²) in [7, 11) is 0. The van der Waals surface area contributed by atoms with E-state index in [1.165, 1.54) is 12.1 Å². The highest BCUT2D eigenvalue weighted by atomic mass is 16.3. The molecule has 1 aromatic heterocycles. The van der Waals surface area contributed by atoms with Gasteiger partial charge >= 0.3 is 0 Å². The standard InChI is InChI=1S/C14H8O6/c1-5-2-7(15)12-10(20-5)3-6-11(14(12)19)8(16)4-9(17)13(6)18/h2-4,16,19H,1H3. The van der Waals surface area contributed by atoms with Gasteiger partial charge in [-0.15, -0.1) is 0 Å². The number of aliphatic hydroxyl groups excluding tert-OH is 1. The fourth-order valence-corrected chi connectivity index (χ4v) is 2.26. The third-order valence-corrected chi connectivity index (χ3v) is 3.11. The summed E-state index contributed by atoms with van der Waals surface area (Å²) in [6.07, 6.45) is 0.714. The molecule has 0 fully saturated rings. The van der Waals surface area contributed by atoms with E-state index in [4.69, 9.17) is 4.42 Å². The molecule has 0 saturated carbocycles. The molecule has 6 heteroatoms. The first-order valence-corrected chi connectivity index (χ1v) is 5.70. The zero-order chi connectivity index (χ0) is 14.6. The quantitative estimate of drug-likeness (QED) is 0.703. The number of allylic oxidation sites excluding steroid dienone is 1. The van der Waals surface area contributed by atoms with Crippen molar-refractivity contribution in [1.82, 2.24) is 0 Å². The molecule has 1 heterocycles. The highest BCUT2D eigenvalue weighted by Crippen LogP contribution is 2.36. The summed E-state index contributed by atoms with van der Waals surface area (Å²) in [5.41, 5.74) is -0.921. The van der Waals surface area contributed by atoms with Crippen molar-refractivity contribution in [3.05, 3.63) is 45.3 Å². The molecule has 2 N–H and O–H groups in total. The molecule has 0 atom stereocenters. The predicted molar refractivity (Wildman–Crippen MR) is 68.8 cm³/mol. The van der Waals surface area contributed by atoms with Crippen molar-refractivity contribution in [3.63, 3.8) is 0 Å². The number of phenolic OH excluding ortho intramolecular Hbond substituents is 1. The van der Waals surface area contributed by atoms with E-state index in [0.717, 1.165) is 0 Å². The van der Waals surface area contributed by atoms with Gasteiger partial charge in [0.25, 0.3) is 0 Å². The van der Waals surface area contributed by atoms with Crippen LogP contribution in [0.1, 0.15) is 21.7 Å². The lowest BCUT2D eigenvalue weighted by Crippen LogP contribution is -2.19. The zero-order valence-electron chi connectivity index (χ0n) is 10.3. The Labute approximate surface area is 111 Å². The van der Waals surface area contributed by atoms with Crippen LogP contribution in [0.5, 0.6) is 5.75 Å². The lowest BCUT2D eigenvalue weighted by molar-refractivity contribution is -0.111. The van der Waals surface area contributed by atoms with Crippen molar-refractivity contribution >= 4 is 28.3 Å². The first-order chi connectivity index (χ1) is 9.40. The number of Topliss-reactive ketones (excluding diaryl/α,β-unsaturated/α-hetero) is 1. The fraction of sp³-hybridized carbons (Fsp3) is 0.0714. The van der Waals surface area contributed by atoms with E-state index in [9.17, 15) is 24.6 Å². The van der Waals surface area contributed by atoms with Gasteiger partial charge in [-0.3, -0.25) is 14.4 Å². The number of phenols is 1. The third-order valence-electron chi connectivity index (χ3n) is 3.11. The average molecular weight is 272 g/mol. The maximum atomic E-state index is 11.9. The van der Waals surface area contributed by atoms with Gasteiger partial charge in [0.2, 0.25) is 11.6 Å². The molecule has 1 aliphatic carbocycles. The number of carbonyl (C=O) groups excluding carboxylic acids is 2. The van der Waals surface area contributed by atoms with E-state index < -0.39 is 28.5 Å². The maximum Gasteiger partial charge on any atom is 0.234 e. The van der Waals surface area contributed by atoms with Crippen LogP contribution in [0, 0.1) is 6.92 Å². The largest absolute Gasteiger partial charge is 0.507 e. The number of aryl methyl sites for hydroxylation is 1. The molecule has 0 unspecified atom stereocenters. The minimum Gasteiger partial charge on any atom is -0.507 e. The number of carbonyl (C=O) groups is 2. The van der Waals surface area contributed by atoms with E-state index in [1.54, 1.807) is 6.92 Å². The summed E-state index contributed by atoms with van der Waals surface area (Å²) in [6, 6.07) is 2.37. The lowest BCUT2D eigenvalue weighted by Gasteiger charge is -2.14. The Morgan fingerprint density at radius 3 is 2.50 bits per heavy atom. The Morgan fingerprint density at radius 1 is 1.10 bits per heavy atom. The molecule has 3 rings (SSSR count). The molecule has 20 heavy (non-hydrogen) atoms. The smallest absolute Gasteiger partial charge is 0.234 e. The van der Waals surface area contributed by atoms with Crippen molar-refractivity contribution in [2.75, 3.05) is 0 Å². The van der Waals surface area contributed by atoms with Gasteiger partial charge in [0.15, 0.2) is 5.43 Å². The molecule has 1 aliphatic rings. The van der Waals surface area contributed by atoms with Gasteiger partial charge in [0.05, 0.1) is 5.56 Å². The Bertz CT molecular complexity index is 885. The van der Waals surface area contributed by atoms with E-state index in [1.807, 2.05) is 0 Å². The summed E-state index contributed by atoms with van der Waals surface area (Å²) in [4.78, 5) is 35.1. The van der Waals surface area contributed by atoms with E-state index >= 15 is 0 Å². The van der Waals surface area contributed by atoms with Crippen molar-refractivity contribution in [2.45, 2.75) is 6.92 Å². The van der Waals surface area contributed by atoms with Crippen molar-refractivity contribution in [1.29, 1.82) is 0 Å². The SMILES string of the molecule is Cc1cc(=O)c2c(O)c3c(cc2o1)C(=O)C(=O)C=C3O. The molecule has 6 nitrogen and oxygen atoms in total. The number of fused-ring (bicyclic) bond motifs is 2. The number of benzene rings is 1. The summed E-state index contributed by atoms with van der Waals surface area (Å²) < 4.78 is 5.28. The van der Waals surface area contributed by atoms with Crippen LogP contribution < -0.4 is 5.43 Å². The summed E-state index contributed by atoms with van der Waals surface area (Å²) in [6.45, 7) is 1.54. The zero-order valence-corrected chi connectivity index (χ0v) is 10.3. The van der Waals surface area contributed by atoms with Gasteiger partial charge in [0.1, 0.15) is 28.2 Å². The molecule has 0 amide bonds. The van der Waals surface area contributed by atoms with Crippen LogP contribution in [0.4, 0.5) is 0 Å². The second-order valence-corrected chi connectivity index (χ2v) is 4.47. The van der Waals surface area contributed by atoms with E-state index in [-0.39, 0.29) is 22.1 Å². The molecule has 0 spiro atoms. The maximum absolute atomic E-state index is 11.9. The molecule has 2 aromatic rings. The first kappa shape index (κ1) is 12.2. The van der Waals surface area contributed by atoms with Crippen LogP contribution >= 0.6 is 0 Å². The van der Waals surface area contributed by atoms with Gasteiger partial charge in [-0.1, -0.05) is 0 Å². The molecular weight excluding hydrogens is 264 g/mol. The first-order valence-electron chi connectivity index (χ1n) is 5.70. The minimum absolute atomic E-state index is 0.0119. The topological polar surface area (TPSA) is 105 Å². The summed E-state index contributed by atoms with van der Waals surface area (Å²) in [5.74, 6) is -2.59. The summed E-state index contributed by atoms with van der Waals surface area (Å²) >= 11 is 0. The highest BCUT2D eigenvalue weighted by Gasteiger charge is 2.30. The van der Waals surface area contributed by atoms with Gasteiger partial charge in [0, 0.05) is 17.7 Å². The Morgan fingerprint density at radius 2 is 1.80 bits per heavy atom. The number of hydrogen-bond donors (Lipinski definition) is 2. The van der Waals surface area contributed by atoms with Crippen LogP contribution in [-0.4, -0.2) is 21.8 Å². The van der Waals surface area contributed by atoms with Crippen LogP contribution in [0.25, 0.3) is 16.7 Å². The fourth-order valence-electron chi connectivity index (χ4n) is 2.26. The van der Waals surface area contributed by atoms with Crippen LogP contribution in [-0.2, 0) is 4.79 Å². The molecule has 0 aliphatic heterocycles. The van der Waals surface area contributed by atoms with E-state index in [2.05, 4.69) is 0 Å². The second kappa shape index (κ2) is 3.80. The number of ketones is 2. The highest BCUT2D eigenvalue weighted by molar-refractivity contribution is 6.50. The van der Waals surface area contributed by atoms with Gasteiger partial charge in [-0.2, -0.15) is 0 Å². The van der Waals surface area contributed by atoms with Crippen LogP contribution in [0.3, 0.4) is 0 Å². The van der Waals surface area contributed by atoms with Crippen molar-refractivity contribution in [3.8, 4) is 5.75 Å². The number of rotatable bonds is 0. The van der Waals surface area contributed by atoms with Gasteiger partial charge in [-0.25, -0.2) is 0 Å². The van der Waals surface area contributed by atoms with Crippen molar-refractivity contribution in [2.24, 2.45) is 0 Å². The molecule has 0 bridgehead atoms. The van der Waals surface area contributed by atoms with Crippen LogP contribution in [0.2, 0.25) is 0 Å². The van der Waals surface area contributed by atoms with Gasteiger partial charge < -0.3 is 14.6 Å². The Kier molecular flexibility index (Phi) is 2.31. The van der Waals surface area contributed by atoms with Gasteiger partial charge in [-0.05, 0) is 13.0 Å². The molecule has 100 valence electrons. The Balaban J connectivity index is 2.55. The van der Waals surface area contributed by atoms with Crippen molar-refractivity contribution < 1.29 is 24.2 Å². The number of hydrogen-bond acceptors (Lipinski definition) is 6. The molecule has 0 saturated heterocycles. The Hall–Kier alpha value is -2.89. The molecule has 1 aromatic carbocycles. The molecule has 0 radical (unpaired) electrons. The monoisotopic (exact) mass is 272 g/mol. The average Bonchev–Trinajstić information content (AvgIpc) is 2.34. The normalized spacial score (nSPS) is 14.3. The number of aliphatic hydroxyl groups is 1. The second-order valence-electron chi connectivity index (χ2n) is 4.47. The third kappa shape index (κ3) is 1.48. The minimum atomic E-state index is -0.899. The number of aromatic hydroxyl groups is 1. The predicted octanol–water partition coefficient (Wildman–Crippen LogP) is 1.47. The summed E-state index contributed by atoms with van der Waals surface area (Å²) in [5, 5.41) is 19.7.